The van der Waals surface area contributed by atoms with Crippen molar-refractivity contribution in [3.63, 3.8) is 0 Å². The Morgan fingerprint density at radius 3 is 2.52 bits per heavy atom. The molecule has 0 saturated heterocycles. The second-order valence-electron chi connectivity index (χ2n) is 4.68. The van der Waals surface area contributed by atoms with Crippen LogP contribution in [0.5, 0.6) is 5.75 Å². The van der Waals surface area contributed by atoms with Gasteiger partial charge in [0.15, 0.2) is 0 Å². The number of hydrogen-bond acceptors (Lipinski definition) is 4. The van der Waals surface area contributed by atoms with E-state index < -0.39 is 10.8 Å². The Hall–Kier alpha value is -2.89. The van der Waals surface area contributed by atoms with E-state index in [0.717, 1.165) is 0 Å². The smallest absolute Gasteiger partial charge is 0.282 e. The van der Waals surface area contributed by atoms with Gasteiger partial charge in [-0.15, -0.1) is 0 Å². The Morgan fingerprint density at radius 1 is 1.19 bits per heavy atom. The molecule has 2 aromatic carbocycles. The van der Waals surface area contributed by atoms with Gasteiger partial charge in [0.05, 0.1) is 4.92 Å². The van der Waals surface area contributed by atoms with E-state index >= 15 is 0 Å². The molecule has 6 heteroatoms. The van der Waals surface area contributed by atoms with Crippen molar-refractivity contribution >= 4 is 17.3 Å². The number of nitrogens with zero attached hydrogens (tertiary/aromatic N) is 1. The summed E-state index contributed by atoms with van der Waals surface area (Å²) < 4.78 is 0. The van der Waals surface area contributed by atoms with E-state index in [2.05, 4.69) is 5.32 Å². The van der Waals surface area contributed by atoms with Gasteiger partial charge in [0.25, 0.3) is 11.6 Å². The zero-order valence-corrected chi connectivity index (χ0v) is 11.6. The number of amides is 1. The number of rotatable bonds is 3. The van der Waals surface area contributed by atoms with Crippen LogP contribution in [0.3, 0.4) is 0 Å². The third kappa shape index (κ3) is 3.00. The summed E-state index contributed by atoms with van der Waals surface area (Å²) in [6, 6.07) is 8.91. The van der Waals surface area contributed by atoms with Crippen LogP contribution in [0.2, 0.25) is 0 Å². The van der Waals surface area contributed by atoms with Gasteiger partial charge in [-0.3, -0.25) is 14.9 Å². The largest absolute Gasteiger partial charge is 0.508 e. The van der Waals surface area contributed by atoms with E-state index in [9.17, 15) is 20.0 Å². The number of carbonyl (C=O) groups is 1. The molecule has 2 aromatic rings. The molecular weight excluding hydrogens is 272 g/mol. The predicted molar refractivity (Wildman–Crippen MR) is 78.6 cm³/mol. The Labute approximate surface area is 121 Å². The van der Waals surface area contributed by atoms with E-state index in [-0.39, 0.29) is 17.0 Å². The first-order chi connectivity index (χ1) is 9.90. The molecular formula is C15H14N2O4. The van der Waals surface area contributed by atoms with Crippen molar-refractivity contribution in [3.8, 4) is 5.75 Å². The number of phenolic OH excluding ortho intramolecular Hbond substituents is 1. The zero-order valence-electron chi connectivity index (χ0n) is 11.6. The lowest BCUT2D eigenvalue weighted by Crippen LogP contribution is -2.14. The number of nitro benzene ring substituents is 1. The minimum atomic E-state index is -0.593. The normalized spacial score (nSPS) is 10.2. The number of hydrogen-bond donors (Lipinski definition) is 2. The number of aromatic hydroxyl groups is 1. The summed E-state index contributed by atoms with van der Waals surface area (Å²) in [5, 5.41) is 23.2. The molecule has 0 unspecified atom stereocenters. The summed E-state index contributed by atoms with van der Waals surface area (Å²) in [6.07, 6.45) is 0. The first-order valence-electron chi connectivity index (χ1n) is 6.25. The molecule has 2 N–H and O–H groups in total. The molecule has 0 spiro atoms. The molecule has 0 aliphatic carbocycles. The van der Waals surface area contributed by atoms with Crippen LogP contribution in [0.4, 0.5) is 11.4 Å². The van der Waals surface area contributed by atoms with Crippen LogP contribution < -0.4 is 5.32 Å². The third-order valence-electron chi connectivity index (χ3n) is 3.14. The lowest BCUT2D eigenvalue weighted by atomic mass is 10.1. The molecule has 0 heterocycles. The second kappa shape index (κ2) is 5.62. The van der Waals surface area contributed by atoms with E-state index in [4.69, 9.17) is 0 Å². The van der Waals surface area contributed by atoms with E-state index in [1.807, 2.05) is 0 Å². The van der Waals surface area contributed by atoms with Crippen LogP contribution >= 0.6 is 0 Å². The summed E-state index contributed by atoms with van der Waals surface area (Å²) in [6.45, 7) is 3.43. The number of phenols is 1. The summed E-state index contributed by atoms with van der Waals surface area (Å²) in [5.41, 5.74) is 1.53. The number of anilines is 1. The van der Waals surface area contributed by atoms with Gasteiger partial charge < -0.3 is 10.4 Å². The second-order valence-corrected chi connectivity index (χ2v) is 4.68. The highest BCUT2D eigenvalue weighted by atomic mass is 16.6. The number of carbonyl (C=O) groups excluding carboxylic acids is 1. The van der Waals surface area contributed by atoms with Gasteiger partial charge in [0, 0.05) is 11.8 Å². The lowest BCUT2D eigenvalue weighted by Gasteiger charge is -2.10. The van der Waals surface area contributed by atoms with Crippen LogP contribution in [-0.4, -0.2) is 15.9 Å². The minimum absolute atomic E-state index is 0.00683. The fourth-order valence-corrected chi connectivity index (χ4v) is 1.95. The average molecular weight is 286 g/mol. The summed E-state index contributed by atoms with van der Waals surface area (Å²) in [5.74, 6) is -0.424. The third-order valence-corrected chi connectivity index (χ3v) is 3.14. The number of para-hydroxylation sites is 1. The molecule has 0 radical (unpaired) electrons. The Balaban J connectivity index is 2.35. The van der Waals surface area contributed by atoms with Crippen LogP contribution in [0.25, 0.3) is 0 Å². The highest BCUT2D eigenvalue weighted by Gasteiger charge is 2.19. The molecule has 6 nitrogen and oxygen atoms in total. The Kier molecular flexibility index (Phi) is 3.89. The fraction of sp³-hybridized carbons (Fsp3) is 0.133. The summed E-state index contributed by atoms with van der Waals surface area (Å²) in [7, 11) is 0. The standard InChI is InChI=1S/C15H14N2O4/c1-9-8-14(18)10(2)7-12(9)16-15(19)11-5-3-4-6-13(11)17(20)21/h3-8,18H,1-2H3,(H,16,19). The van der Waals surface area contributed by atoms with Gasteiger partial charge in [-0.25, -0.2) is 0 Å². The molecule has 0 aliphatic rings. The molecule has 0 fully saturated rings. The van der Waals surface area contributed by atoms with Crippen molar-refractivity contribution in [1.29, 1.82) is 0 Å². The number of nitrogens with one attached hydrogen (secondary N) is 1. The molecule has 21 heavy (non-hydrogen) atoms. The quantitative estimate of drug-likeness (QED) is 0.515. The molecule has 0 bridgehead atoms. The molecule has 2 rings (SSSR count). The maximum Gasteiger partial charge on any atom is 0.282 e. The van der Waals surface area contributed by atoms with Crippen LogP contribution in [0, 0.1) is 24.0 Å². The first-order valence-corrected chi connectivity index (χ1v) is 6.25. The number of aryl methyl sites for hydroxylation is 2. The van der Waals surface area contributed by atoms with Crippen molar-refractivity contribution in [2.45, 2.75) is 13.8 Å². The van der Waals surface area contributed by atoms with Crippen LogP contribution in [-0.2, 0) is 0 Å². The SMILES string of the molecule is Cc1cc(NC(=O)c2ccccc2[N+](=O)[O-])c(C)cc1O. The van der Waals surface area contributed by atoms with E-state index in [0.29, 0.717) is 16.8 Å². The maximum absolute atomic E-state index is 12.2. The van der Waals surface area contributed by atoms with Crippen molar-refractivity contribution in [2.75, 3.05) is 5.32 Å². The number of nitro groups is 1. The van der Waals surface area contributed by atoms with Crippen LogP contribution in [0.15, 0.2) is 36.4 Å². The molecule has 108 valence electrons. The average Bonchev–Trinajstić information content (AvgIpc) is 2.44. The van der Waals surface area contributed by atoms with Crippen molar-refractivity contribution in [1.82, 2.24) is 0 Å². The minimum Gasteiger partial charge on any atom is -0.508 e. The first kappa shape index (κ1) is 14.5. The monoisotopic (exact) mass is 286 g/mol. The number of benzene rings is 2. The van der Waals surface area contributed by atoms with Gasteiger partial charge in [-0.05, 0) is 43.2 Å². The highest BCUT2D eigenvalue weighted by molar-refractivity contribution is 6.07. The topological polar surface area (TPSA) is 92.5 Å². The zero-order chi connectivity index (χ0) is 15.6. The maximum atomic E-state index is 12.2. The summed E-state index contributed by atoms with van der Waals surface area (Å²) >= 11 is 0. The fourth-order valence-electron chi connectivity index (χ4n) is 1.95. The van der Waals surface area contributed by atoms with Gasteiger partial charge in [-0.2, -0.15) is 0 Å². The molecule has 0 aliphatic heterocycles. The predicted octanol–water partition coefficient (Wildman–Crippen LogP) is 3.17. The van der Waals surface area contributed by atoms with Crippen molar-refractivity contribution in [3.05, 3.63) is 63.2 Å². The molecule has 0 aromatic heterocycles. The molecule has 0 saturated carbocycles. The Morgan fingerprint density at radius 2 is 1.86 bits per heavy atom. The van der Waals surface area contributed by atoms with Crippen LogP contribution in [0.1, 0.15) is 21.5 Å². The molecule has 1 amide bonds. The van der Waals surface area contributed by atoms with Gasteiger partial charge in [0.2, 0.25) is 0 Å². The van der Waals surface area contributed by atoms with Gasteiger partial charge >= 0.3 is 0 Å². The molecule has 0 atom stereocenters. The van der Waals surface area contributed by atoms with Gasteiger partial charge in [0.1, 0.15) is 11.3 Å². The van der Waals surface area contributed by atoms with Gasteiger partial charge in [-0.1, -0.05) is 12.1 Å². The van der Waals surface area contributed by atoms with E-state index in [1.54, 1.807) is 26.0 Å². The lowest BCUT2D eigenvalue weighted by molar-refractivity contribution is -0.385. The Bertz CT molecular complexity index is 726. The van der Waals surface area contributed by atoms with Crippen molar-refractivity contribution in [2.24, 2.45) is 0 Å². The van der Waals surface area contributed by atoms with E-state index in [1.165, 1.54) is 24.3 Å². The van der Waals surface area contributed by atoms with Crippen molar-refractivity contribution < 1.29 is 14.8 Å². The highest BCUT2D eigenvalue weighted by Crippen LogP contribution is 2.26. The summed E-state index contributed by atoms with van der Waals surface area (Å²) in [4.78, 5) is 22.6.